The van der Waals surface area contributed by atoms with Gasteiger partial charge in [-0.05, 0) is 6.92 Å². The van der Waals surface area contributed by atoms with Crippen molar-refractivity contribution in [2.75, 3.05) is 31.0 Å². The van der Waals surface area contributed by atoms with Crippen LogP contribution in [0, 0.1) is 0 Å². The molecule has 120 valence electrons. The Labute approximate surface area is 119 Å². The number of halogens is 3. The second-order valence-corrected chi connectivity index (χ2v) is 4.70. The standard InChI is InChI=1S/C11H18F3N5O2/c1-10(20,3-4-21-2)6-16-8-5-7(11(12,13)14)17-9(18-8)19-15/h5,20H,3-4,6,15H2,1-2H3,(H2,16,17,18,19). The van der Waals surface area contributed by atoms with Gasteiger partial charge in [-0.25, -0.2) is 10.8 Å². The van der Waals surface area contributed by atoms with Crippen LogP contribution in [0.25, 0.3) is 0 Å². The zero-order chi connectivity index (χ0) is 16.1. The Balaban J connectivity index is 2.83. The summed E-state index contributed by atoms with van der Waals surface area (Å²) in [7, 11) is 1.49. The molecule has 0 fully saturated rings. The van der Waals surface area contributed by atoms with Crippen LogP contribution in [0.1, 0.15) is 19.0 Å². The van der Waals surface area contributed by atoms with Crippen LogP contribution < -0.4 is 16.6 Å². The zero-order valence-electron chi connectivity index (χ0n) is 11.7. The van der Waals surface area contributed by atoms with Gasteiger partial charge in [-0.3, -0.25) is 5.43 Å². The highest BCUT2D eigenvalue weighted by molar-refractivity contribution is 5.42. The predicted molar refractivity (Wildman–Crippen MR) is 70.5 cm³/mol. The van der Waals surface area contributed by atoms with E-state index in [9.17, 15) is 18.3 Å². The van der Waals surface area contributed by atoms with Crippen LogP contribution in [0.2, 0.25) is 0 Å². The quantitative estimate of drug-likeness (QED) is 0.439. The predicted octanol–water partition coefficient (Wildman–Crippen LogP) is 0.980. The number of hydrogen-bond acceptors (Lipinski definition) is 7. The smallest absolute Gasteiger partial charge is 0.388 e. The second kappa shape index (κ2) is 6.87. The monoisotopic (exact) mass is 309 g/mol. The number of ether oxygens (including phenoxy) is 1. The lowest BCUT2D eigenvalue weighted by Gasteiger charge is -2.23. The number of alkyl halides is 3. The Kier molecular flexibility index (Phi) is 5.70. The van der Waals surface area contributed by atoms with Crippen LogP contribution in [0.4, 0.5) is 24.9 Å². The molecule has 0 saturated carbocycles. The molecule has 7 nitrogen and oxygen atoms in total. The third-order valence-electron chi connectivity index (χ3n) is 2.64. The summed E-state index contributed by atoms with van der Waals surface area (Å²) in [5.74, 6) is 4.58. The number of methoxy groups -OCH3 is 1. The number of hydrazine groups is 1. The van der Waals surface area contributed by atoms with E-state index in [4.69, 9.17) is 10.6 Å². The minimum absolute atomic E-state index is 0.00528. The van der Waals surface area contributed by atoms with Crippen molar-refractivity contribution >= 4 is 11.8 Å². The van der Waals surface area contributed by atoms with E-state index >= 15 is 0 Å². The van der Waals surface area contributed by atoms with Crippen LogP contribution in [0.15, 0.2) is 6.07 Å². The van der Waals surface area contributed by atoms with Gasteiger partial charge in [-0.1, -0.05) is 0 Å². The summed E-state index contributed by atoms with van der Waals surface area (Å²) in [6, 6.07) is 0.743. The molecule has 0 bridgehead atoms. The van der Waals surface area contributed by atoms with Gasteiger partial charge in [0.05, 0.1) is 5.60 Å². The molecule has 5 N–H and O–H groups in total. The number of nitrogens with zero attached hydrogens (tertiary/aromatic N) is 2. The first kappa shape index (κ1) is 17.4. The lowest BCUT2D eigenvalue weighted by molar-refractivity contribution is -0.141. The third kappa shape index (κ3) is 5.69. The number of rotatable bonds is 7. The van der Waals surface area contributed by atoms with Gasteiger partial charge in [0.2, 0.25) is 5.95 Å². The summed E-state index contributed by atoms with van der Waals surface area (Å²) in [5.41, 5.74) is -0.325. The Morgan fingerprint density at radius 1 is 1.38 bits per heavy atom. The van der Waals surface area contributed by atoms with Gasteiger partial charge in [-0.2, -0.15) is 18.2 Å². The average Bonchev–Trinajstić information content (AvgIpc) is 2.42. The fourth-order valence-corrected chi connectivity index (χ4v) is 1.44. The first-order chi connectivity index (χ1) is 9.68. The van der Waals surface area contributed by atoms with Gasteiger partial charge in [-0.15, -0.1) is 0 Å². The molecule has 0 radical (unpaired) electrons. The summed E-state index contributed by atoms with van der Waals surface area (Å²) >= 11 is 0. The van der Waals surface area contributed by atoms with E-state index in [2.05, 4.69) is 15.3 Å². The van der Waals surface area contributed by atoms with E-state index in [1.54, 1.807) is 0 Å². The van der Waals surface area contributed by atoms with Crippen LogP contribution in [0.5, 0.6) is 0 Å². The summed E-state index contributed by atoms with van der Waals surface area (Å²) in [5, 5.41) is 12.6. The molecule has 0 spiro atoms. The van der Waals surface area contributed by atoms with Gasteiger partial charge >= 0.3 is 6.18 Å². The molecule has 0 aliphatic heterocycles. The first-order valence-corrected chi connectivity index (χ1v) is 6.06. The van der Waals surface area contributed by atoms with E-state index in [1.165, 1.54) is 14.0 Å². The summed E-state index contributed by atoms with van der Waals surface area (Å²) in [6.45, 7) is 1.85. The van der Waals surface area contributed by atoms with Crippen LogP contribution in [0.3, 0.4) is 0 Å². The van der Waals surface area contributed by atoms with Gasteiger partial charge in [0, 0.05) is 32.7 Å². The normalized spacial score (nSPS) is 14.6. The van der Waals surface area contributed by atoms with E-state index in [0.717, 1.165) is 6.07 Å². The molecule has 1 heterocycles. The molecule has 1 atom stereocenters. The van der Waals surface area contributed by atoms with Crippen LogP contribution in [-0.2, 0) is 10.9 Å². The van der Waals surface area contributed by atoms with E-state index < -0.39 is 17.5 Å². The Morgan fingerprint density at radius 3 is 2.57 bits per heavy atom. The summed E-state index contributed by atoms with van der Waals surface area (Å²) < 4.78 is 42.9. The van der Waals surface area contributed by atoms with Gasteiger partial charge in [0.1, 0.15) is 5.82 Å². The Bertz CT molecular complexity index is 468. The maximum absolute atomic E-state index is 12.7. The molecule has 1 aromatic heterocycles. The van der Waals surface area contributed by atoms with Crippen molar-refractivity contribution in [3.63, 3.8) is 0 Å². The minimum atomic E-state index is -4.62. The highest BCUT2D eigenvalue weighted by Gasteiger charge is 2.34. The topological polar surface area (TPSA) is 105 Å². The first-order valence-electron chi connectivity index (χ1n) is 6.06. The fraction of sp³-hybridized carbons (Fsp3) is 0.636. The molecule has 1 unspecified atom stereocenters. The largest absolute Gasteiger partial charge is 0.433 e. The molecule has 0 aromatic carbocycles. The number of nitrogens with two attached hydrogens (primary N) is 1. The Hall–Kier alpha value is -1.65. The van der Waals surface area contributed by atoms with Crippen molar-refractivity contribution in [1.82, 2.24) is 9.97 Å². The number of nitrogen functional groups attached to an aromatic ring is 1. The SMILES string of the molecule is COCCC(C)(O)CNc1cc(C(F)(F)F)nc(NN)n1. The molecule has 0 amide bonds. The number of aromatic nitrogens is 2. The number of hydrogen-bond donors (Lipinski definition) is 4. The molecule has 21 heavy (non-hydrogen) atoms. The molecule has 0 saturated heterocycles. The van der Waals surface area contributed by atoms with Crippen LogP contribution >= 0.6 is 0 Å². The van der Waals surface area contributed by atoms with Gasteiger partial charge in [0.25, 0.3) is 0 Å². The molecule has 10 heteroatoms. The summed E-state index contributed by atoms with van der Waals surface area (Å²) in [4.78, 5) is 6.97. The molecule has 1 rings (SSSR count). The van der Waals surface area contributed by atoms with Crippen molar-refractivity contribution in [2.24, 2.45) is 5.84 Å². The molecule has 0 aliphatic rings. The van der Waals surface area contributed by atoms with Gasteiger partial charge in [0.15, 0.2) is 5.69 Å². The van der Waals surface area contributed by atoms with Gasteiger partial charge < -0.3 is 15.2 Å². The number of nitrogens with one attached hydrogen (secondary N) is 2. The molecule has 1 aromatic rings. The highest BCUT2D eigenvalue weighted by atomic mass is 19.4. The Morgan fingerprint density at radius 2 is 2.05 bits per heavy atom. The van der Waals surface area contributed by atoms with Crippen molar-refractivity contribution in [1.29, 1.82) is 0 Å². The van der Waals surface area contributed by atoms with Crippen molar-refractivity contribution in [2.45, 2.75) is 25.1 Å². The van der Waals surface area contributed by atoms with Crippen LogP contribution in [-0.4, -0.2) is 40.9 Å². The lowest BCUT2D eigenvalue weighted by atomic mass is 10.0. The van der Waals surface area contributed by atoms with Crippen molar-refractivity contribution in [3.8, 4) is 0 Å². The maximum Gasteiger partial charge on any atom is 0.433 e. The minimum Gasteiger partial charge on any atom is -0.388 e. The molecule has 0 aliphatic carbocycles. The van der Waals surface area contributed by atoms with E-state index in [-0.39, 0.29) is 18.3 Å². The number of aliphatic hydroxyl groups is 1. The fourth-order valence-electron chi connectivity index (χ4n) is 1.44. The third-order valence-corrected chi connectivity index (χ3v) is 2.64. The van der Waals surface area contributed by atoms with E-state index in [0.29, 0.717) is 13.0 Å². The average molecular weight is 309 g/mol. The second-order valence-electron chi connectivity index (χ2n) is 4.70. The van der Waals surface area contributed by atoms with E-state index in [1.807, 2.05) is 5.43 Å². The molecular formula is C11H18F3N5O2. The van der Waals surface area contributed by atoms with Crippen molar-refractivity contribution in [3.05, 3.63) is 11.8 Å². The highest BCUT2D eigenvalue weighted by Crippen LogP contribution is 2.29. The van der Waals surface area contributed by atoms with Crippen molar-refractivity contribution < 1.29 is 23.0 Å². The maximum atomic E-state index is 12.7. The molecular weight excluding hydrogens is 291 g/mol. The summed E-state index contributed by atoms with van der Waals surface area (Å²) in [6.07, 6.45) is -4.31. The number of anilines is 2. The zero-order valence-corrected chi connectivity index (χ0v) is 11.7. The lowest BCUT2D eigenvalue weighted by Crippen LogP contribution is -2.35.